The van der Waals surface area contributed by atoms with Gasteiger partial charge < -0.3 is 9.64 Å². The number of unbranched alkanes of at least 4 members (excludes halogenated alkanes) is 19. The lowest BCUT2D eigenvalue weighted by Gasteiger charge is -2.21. The first-order chi connectivity index (χ1) is 18.1. The number of methoxy groups -OCH3 is 1. The van der Waals surface area contributed by atoms with Crippen LogP contribution in [0.3, 0.4) is 0 Å². The Morgan fingerprint density at radius 1 is 0.622 bits per heavy atom. The summed E-state index contributed by atoms with van der Waals surface area (Å²) in [5.74, 6) is 0.841. The Morgan fingerprint density at radius 2 is 1.03 bits per heavy atom. The molecule has 0 aliphatic heterocycles. The zero-order valence-corrected chi connectivity index (χ0v) is 25.9. The maximum absolute atomic E-state index is 11.1. The number of hydrogen-bond acceptors (Lipinski definition) is 3. The van der Waals surface area contributed by atoms with Crippen LogP contribution in [-0.2, 0) is 9.53 Å². The van der Waals surface area contributed by atoms with Gasteiger partial charge in [0.05, 0.1) is 7.11 Å². The van der Waals surface area contributed by atoms with Crippen molar-refractivity contribution in [2.24, 2.45) is 5.92 Å². The number of carbonyl (C=O) groups excluding carboxylic acids is 1. The van der Waals surface area contributed by atoms with E-state index in [0.29, 0.717) is 6.42 Å². The van der Waals surface area contributed by atoms with Crippen molar-refractivity contribution in [3.63, 3.8) is 0 Å². The molecule has 0 aromatic carbocycles. The minimum Gasteiger partial charge on any atom is -0.469 e. The molecular formula is C34H67NO2. The van der Waals surface area contributed by atoms with Crippen molar-refractivity contribution < 1.29 is 9.53 Å². The first kappa shape index (κ1) is 36.2. The van der Waals surface area contributed by atoms with Crippen LogP contribution in [0.15, 0.2) is 12.2 Å². The Bertz CT molecular complexity index is 488. The van der Waals surface area contributed by atoms with Gasteiger partial charge in [-0.15, -0.1) is 0 Å². The standard InChI is InChI=1S/C34H67NO2/c1-5-6-7-8-20-23-26-29-33(32-35(2)3)30-27-24-21-18-16-14-12-10-9-11-13-15-17-19-22-25-28-31-34(36)37-4/h11,13,33H,5-10,12,14-32H2,1-4H3/b13-11-. The smallest absolute Gasteiger partial charge is 0.305 e. The summed E-state index contributed by atoms with van der Waals surface area (Å²) in [6.07, 6.45) is 38.0. The molecule has 0 aromatic heterocycles. The molecule has 37 heavy (non-hydrogen) atoms. The predicted octanol–water partition coefficient (Wildman–Crippen LogP) is 10.7. The highest BCUT2D eigenvalue weighted by Gasteiger charge is 2.09. The molecule has 220 valence electrons. The maximum atomic E-state index is 11.1. The Hall–Kier alpha value is -0.830. The summed E-state index contributed by atoms with van der Waals surface area (Å²) in [6, 6.07) is 0. The van der Waals surface area contributed by atoms with E-state index in [1.54, 1.807) is 0 Å². The molecule has 0 aliphatic rings. The highest BCUT2D eigenvalue weighted by Crippen LogP contribution is 2.20. The van der Waals surface area contributed by atoms with Crippen molar-refractivity contribution >= 4 is 5.97 Å². The van der Waals surface area contributed by atoms with Crippen LogP contribution >= 0.6 is 0 Å². The average molecular weight is 522 g/mol. The largest absolute Gasteiger partial charge is 0.469 e. The zero-order chi connectivity index (χ0) is 27.2. The van der Waals surface area contributed by atoms with Gasteiger partial charge in [0.15, 0.2) is 0 Å². The summed E-state index contributed by atoms with van der Waals surface area (Å²) in [5, 5.41) is 0. The molecule has 3 heteroatoms. The number of rotatable bonds is 29. The molecule has 0 rings (SSSR count). The number of allylic oxidation sites excluding steroid dienone is 2. The van der Waals surface area contributed by atoms with Gasteiger partial charge in [-0.1, -0.05) is 128 Å². The molecule has 0 radical (unpaired) electrons. The molecule has 0 N–H and O–H groups in total. The van der Waals surface area contributed by atoms with E-state index in [-0.39, 0.29) is 5.97 Å². The Balaban J connectivity index is 3.46. The molecule has 1 unspecified atom stereocenters. The van der Waals surface area contributed by atoms with E-state index < -0.39 is 0 Å². The second-order valence-corrected chi connectivity index (χ2v) is 11.8. The lowest BCUT2D eigenvalue weighted by molar-refractivity contribution is -0.140. The topological polar surface area (TPSA) is 29.5 Å². The molecule has 0 heterocycles. The average Bonchev–Trinajstić information content (AvgIpc) is 2.88. The highest BCUT2D eigenvalue weighted by molar-refractivity contribution is 5.68. The quantitative estimate of drug-likeness (QED) is 0.0557. The number of hydrogen-bond donors (Lipinski definition) is 0. The third-order valence-corrected chi connectivity index (χ3v) is 7.72. The van der Waals surface area contributed by atoms with Crippen LogP contribution in [0.25, 0.3) is 0 Å². The van der Waals surface area contributed by atoms with E-state index in [2.05, 4.69) is 42.8 Å². The number of esters is 1. The van der Waals surface area contributed by atoms with E-state index in [9.17, 15) is 4.79 Å². The van der Waals surface area contributed by atoms with Crippen LogP contribution in [0.1, 0.15) is 167 Å². The van der Waals surface area contributed by atoms with Crippen molar-refractivity contribution in [3.05, 3.63) is 12.2 Å². The molecule has 0 aromatic rings. The Kier molecular flexibility index (Phi) is 29.1. The fraction of sp³-hybridized carbons (Fsp3) is 0.912. The predicted molar refractivity (Wildman–Crippen MR) is 164 cm³/mol. The molecule has 0 bridgehead atoms. The molecule has 0 aliphatic carbocycles. The second-order valence-electron chi connectivity index (χ2n) is 11.8. The molecule has 0 amide bonds. The monoisotopic (exact) mass is 522 g/mol. The molecule has 0 saturated heterocycles. The van der Waals surface area contributed by atoms with Crippen LogP contribution in [0, 0.1) is 5.92 Å². The van der Waals surface area contributed by atoms with Gasteiger partial charge in [0.1, 0.15) is 0 Å². The van der Waals surface area contributed by atoms with Gasteiger partial charge in [-0.2, -0.15) is 0 Å². The summed E-state index contributed by atoms with van der Waals surface area (Å²) in [7, 11) is 5.96. The Labute approximate surface area is 233 Å². The summed E-state index contributed by atoms with van der Waals surface area (Å²) < 4.78 is 4.67. The third kappa shape index (κ3) is 29.6. The normalized spacial score (nSPS) is 12.6. The minimum atomic E-state index is -0.0728. The second kappa shape index (κ2) is 29.7. The van der Waals surface area contributed by atoms with Gasteiger partial charge >= 0.3 is 5.97 Å². The molecule has 0 fully saturated rings. The van der Waals surface area contributed by atoms with Crippen molar-refractivity contribution in [3.8, 4) is 0 Å². The minimum absolute atomic E-state index is 0.0728. The summed E-state index contributed by atoms with van der Waals surface area (Å²) in [6.45, 7) is 3.58. The van der Waals surface area contributed by atoms with E-state index in [4.69, 9.17) is 0 Å². The Morgan fingerprint density at radius 3 is 1.46 bits per heavy atom. The number of ether oxygens (including phenoxy) is 1. The van der Waals surface area contributed by atoms with E-state index >= 15 is 0 Å². The van der Waals surface area contributed by atoms with Gasteiger partial charge in [0, 0.05) is 13.0 Å². The fourth-order valence-electron chi connectivity index (χ4n) is 5.39. The maximum Gasteiger partial charge on any atom is 0.305 e. The zero-order valence-electron chi connectivity index (χ0n) is 25.9. The summed E-state index contributed by atoms with van der Waals surface area (Å²) in [4.78, 5) is 13.5. The number of nitrogens with zero attached hydrogens (tertiary/aromatic N) is 1. The van der Waals surface area contributed by atoms with Gasteiger partial charge in [-0.05, 0) is 65.0 Å². The first-order valence-electron chi connectivity index (χ1n) is 16.5. The lowest BCUT2D eigenvalue weighted by Crippen LogP contribution is -2.21. The van der Waals surface area contributed by atoms with Gasteiger partial charge in [-0.25, -0.2) is 0 Å². The SMILES string of the molecule is CCCCCCCCCC(CCCCCCCCCC/C=C\CCCCCCCC(=O)OC)CN(C)C. The van der Waals surface area contributed by atoms with Crippen molar-refractivity contribution in [1.29, 1.82) is 0 Å². The number of carbonyl (C=O) groups is 1. The van der Waals surface area contributed by atoms with Crippen molar-refractivity contribution in [2.45, 2.75) is 167 Å². The molecule has 0 saturated carbocycles. The summed E-state index contributed by atoms with van der Waals surface area (Å²) in [5.41, 5.74) is 0. The van der Waals surface area contributed by atoms with Gasteiger partial charge in [0.25, 0.3) is 0 Å². The fourth-order valence-corrected chi connectivity index (χ4v) is 5.39. The molecule has 3 nitrogen and oxygen atoms in total. The molecule has 1 atom stereocenters. The van der Waals surface area contributed by atoms with E-state index in [1.807, 2.05) is 0 Å². The van der Waals surface area contributed by atoms with Gasteiger partial charge in [0.2, 0.25) is 0 Å². The lowest BCUT2D eigenvalue weighted by atomic mass is 9.93. The van der Waals surface area contributed by atoms with Crippen molar-refractivity contribution in [2.75, 3.05) is 27.7 Å². The van der Waals surface area contributed by atoms with E-state index in [1.165, 1.54) is 155 Å². The van der Waals surface area contributed by atoms with E-state index in [0.717, 1.165) is 18.8 Å². The van der Waals surface area contributed by atoms with Crippen LogP contribution in [-0.4, -0.2) is 38.6 Å². The van der Waals surface area contributed by atoms with Crippen molar-refractivity contribution in [1.82, 2.24) is 4.90 Å². The van der Waals surface area contributed by atoms with Crippen LogP contribution in [0.4, 0.5) is 0 Å². The molecule has 0 spiro atoms. The first-order valence-corrected chi connectivity index (χ1v) is 16.5. The van der Waals surface area contributed by atoms with Gasteiger partial charge in [-0.3, -0.25) is 4.79 Å². The highest BCUT2D eigenvalue weighted by atomic mass is 16.5. The molecular weight excluding hydrogens is 454 g/mol. The van der Waals surface area contributed by atoms with Crippen LogP contribution in [0.2, 0.25) is 0 Å². The van der Waals surface area contributed by atoms with Crippen LogP contribution in [0.5, 0.6) is 0 Å². The van der Waals surface area contributed by atoms with Crippen LogP contribution < -0.4 is 0 Å². The third-order valence-electron chi connectivity index (χ3n) is 7.72. The summed E-state index contributed by atoms with van der Waals surface area (Å²) >= 11 is 0.